The first-order valence-corrected chi connectivity index (χ1v) is 24.7. The van der Waals surface area contributed by atoms with Crippen LogP contribution in [-0.2, 0) is 10.1 Å². The number of nitro benzene ring substituents is 1. The van der Waals surface area contributed by atoms with E-state index < -0.39 is 43.1 Å². The normalized spacial score (nSPS) is 12.8. The molecule has 0 unspecified atom stereocenters. The molecule has 0 amide bonds. The molecule has 18 heteroatoms. The second-order valence-corrected chi connectivity index (χ2v) is 27.0. The summed E-state index contributed by atoms with van der Waals surface area (Å²) in [5, 5.41) is 16.0. The first-order chi connectivity index (χ1) is 25.7. The number of hydrogen-bond donors (Lipinski definition) is 1. The molecule has 0 aliphatic heterocycles. The van der Waals surface area contributed by atoms with Crippen molar-refractivity contribution < 1.29 is 44.3 Å². The lowest BCUT2D eigenvalue weighted by molar-refractivity contribution is -0.384. The highest BCUT2D eigenvalue weighted by Crippen LogP contribution is 2.41. The minimum Gasteiger partial charge on any atom is -0.542 e. The van der Waals surface area contributed by atoms with Crippen LogP contribution in [0.25, 0.3) is 21.8 Å². The molecule has 2 aromatic heterocycles. The lowest BCUT2D eigenvalue weighted by atomic mass is 10.2. The fourth-order valence-electron chi connectivity index (χ4n) is 4.55. The zero-order chi connectivity index (χ0) is 42.1. The molecule has 2 heterocycles. The van der Waals surface area contributed by atoms with E-state index in [-0.39, 0.29) is 21.3 Å². The van der Waals surface area contributed by atoms with Crippen LogP contribution < -0.4 is 23.1 Å². The molecule has 12 nitrogen and oxygen atoms in total. The molecule has 0 fully saturated rings. The number of nitro groups is 1. The number of fused-ring (bicyclic) bond motifs is 2. The summed E-state index contributed by atoms with van der Waals surface area (Å²) in [6.45, 7) is 21.1. The summed E-state index contributed by atoms with van der Waals surface area (Å²) in [7, 11) is -8.60. The van der Waals surface area contributed by atoms with Gasteiger partial charge in [-0.1, -0.05) is 65.8 Å². The van der Waals surface area contributed by atoms with E-state index in [1.807, 2.05) is 58.1 Å². The predicted octanol–water partition coefficient (Wildman–Crippen LogP) is 11.1. The van der Waals surface area contributed by atoms with Gasteiger partial charge in [-0.3, -0.25) is 10.1 Å². The topological polar surface area (TPSA) is 152 Å². The van der Waals surface area contributed by atoms with E-state index in [0.717, 1.165) is 22.7 Å². The highest BCUT2D eigenvalue weighted by molar-refractivity contribution is 7.87. The van der Waals surface area contributed by atoms with Crippen LogP contribution in [0.3, 0.4) is 0 Å². The average molecular weight is 833 g/mol. The summed E-state index contributed by atoms with van der Waals surface area (Å²) in [5.74, 6) is 1.36. The molecule has 0 aliphatic carbocycles. The zero-order valence-electron chi connectivity index (χ0n) is 33.2. The number of benzene rings is 3. The van der Waals surface area contributed by atoms with Crippen molar-refractivity contribution in [3.8, 4) is 23.1 Å². The van der Waals surface area contributed by atoms with E-state index in [0.29, 0.717) is 28.4 Å². The van der Waals surface area contributed by atoms with Crippen molar-refractivity contribution in [1.29, 1.82) is 0 Å². The van der Waals surface area contributed by atoms with Gasteiger partial charge in [-0.25, -0.2) is 9.97 Å². The van der Waals surface area contributed by atoms with Gasteiger partial charge in [-0.15, -0.1) is 0 Å². The molecule has 302 valence electrons. The Morgan fingerprint density at radius 1 is 0.732 bits per heavy atom. The standard InChI is InChI=1S/C22H27N3O4Si.C16H20F3NO4SSi/c1-22(2,3)30(5,6)29-19-9-7-8-15-10-13-20(24-21(15)19)23-17-12-11-16(28-4)14-18(17)25(26)27;1-15(2,3)26(4,5)24-12-8-6-7-11-9-10-13(20-14(11)12)23-25(21,22)16(17,18)19/h7-14H,1-6H3,(H,23,24);6-10H,1-5H3. The number of ether oxygens (including phenoxy) is 1. The average Bonchev–Trinajstić information content (AvgIpc) is 3.07. The second-order valence-electron chi connectivity index (χ2n) is 16.0. The number of aromatic nitrogens is 2. The van der Waals surface area contributed by atoms with E-state index in [1.54, 1.807) is 36.4 Å². The number of rotatable bonds is 10. The molecule has 0 bridgehead atoms. The second kappa shape index (κ2) is 15.9. The van der Waals surface area contributed by atoms with Crippen molar-refractivity contribution in [2.45, 2.75) is 83.3 Å². The number of hydrogen-bond acceptors (Lipinski definition) is 11. The Hall–Kier alpha value is -4.95. The van der Waals surface area contributed by atoms with E-state index in [4.69, 9.17) is 18.6 Å². The molecule has 3 aromatic carbocycles. The fraction of sp³-hybridized carbons (Fsp3) is 0.368. The maximum atomic E-state index is 12.5. The molecule has 5 aromatic rings. The van der Waals surface area contributed by atoms with Crippen LogP contribution in [0.1, 0.15) is 41.5 Å². The number of alkyl halides is 3. The SMILES string of the molecule is CC(C)(C)[Si](C)(C)Oc1cccc2ccc(OS(=O)(=O)C(F)(F)F)nc12.COc1ccc(Nc2ccc3cccc(O[Si](C)(C)C(C)(C)C)c3n2)c([N+](=O)[O-])c1. The summed E-state index contributed by atoms with van der Waals surface area (Å²) in [4.78, 5) is 19.7. The number of pyridine rings is 2. The van der Waals surface area contributed by atoms with Crippen molar-refractivity contribution in [3.63, 3.8) is 0 Å². The van der Waals surface area contributed by atoms with Gasteiger partial charge < -0.3 is 23.1 Å². The van der Waals surface area contributed by atoms with Gasteiger partial charge >= 0.3 is 15.6 Å². The van der Waals surface area contributed by atoms with Gasteiger partial charge in [0.2, 0.25) is 5.88 Å². The molecule has 5 rings (SSSR count). The Balaban J connectivity index is 0.000000251. The van der Waals surface area contributed by atoms with Crippen LogP contribution in [0.4, 0.5) is 30.4 Å². The van der Waals surface area contributed by atoms with Crippen LogP contribution in [0.5, 0.6) is 23.1 Å². The molecule has 0 radical (unpaired) electrons. The first-order valence-electron chi connectivity index (χ1n) is 17.4. The highest BCUT2D eigenvalue weighted by atomic mass is 32.2. The Morgan fingerprint density at radius 2 is 1.23 bits per heavy atom. The van der Waals surface area contributed by atoms with Crippen molar-refractivity contribution in [2.75, 3.05) is 12.4 Å². The van der Waals surface area contributed by atoms with Crippen LogP contribution in [0.2, 0.25) is 36.3 Å². The molecule has 0 spiro atoms. The van der Waals surface area contributed by atoms with Gasteiger partial charge in [0, 0.05) is 16.8 Å². The van der Waals surface area contributed by atoms with E-state index in [9.17, 15) is 31.7 Å². The third-order valence-electron chi connectivity index (χ3n) is 9.83. The molecule has 56 heavy (non-hydrogen) atoms. The third kappa shape index (κ3) is 10.1. The van der Waals surface area contributed by atoms with Gasteiger partial charge in [-0.05, 0) is 78.7 Å². The number of nitrogens with zero attached hydrogens (tertiary/aromatic N) is 3. The Morgan fingerprint density at radius 3 is 1.70 bits per heavy atom. The molecule has 1 N–H and O–H groups in total. The molecule has 0 saturated carbocycles. The maximum absolute atomic E-state index is 12.5. The lowest BCUT2D eigenvalue weighted by Crippen LogP contribution is -2.43. The smallest absolute Gasteiger partial charge is 0.534 e. The van der Waals surface area contributed by atoms with Gasteiger partial charge in [0.05, 0.1) is 18.1 Å². The highest BCUT2D eigenvalue weighted by Gasteiger charge is 2.49. The number of methoxy groups -OCH3 is 1. The largest absolute Gasteiger partial charge is 0.542 e. The predicted molar refractivity (Wildman–Crippen MR) is 218 cm³/mol. The lowest BCUT2D eigenvalue weighted by Gasteiger charge is -2.36. The summed E-state index contributed by atoms with van der Waals surface area (Å²) in [5.41, 5.74) is -4.30. The number of nitrogens with one attached hydrogen (secondary N) is 1. The van der Waals surface area contributed by atoms with Crippen LogP contribution >= 0.6 is 0 Å². The van der Waals surface area contributed by atoms with Gasteiger partial charge in [0.15, 0.2) is 0 Å². The van der Waals surface area contributed by atoms with Crippen molar-refractivity contribution in [2.24, 2.45) is 0 Å². The molecular weight excluding hydrogens is 786 g/mol. The number of para-hydroxylation sites is 2. The van der Waals surface area contributed by atoms with Gasteiger partial charge in [-0.2, -0.15) is 21.6 Å². The van der Waals surface area contributed by atoms with Gasteiger partial charge in [0.1, 0.15) is 39.8 Å². The van der Waals surface area contributed by atoms with Gasteiger partial charge in [0.25, 0.3) is 22.3 Å². The Bertz CT molecular complexity index is 2350. The fourth-order valence-corrected chi connectivity index (χ4v) is 7.00. The summed E-state index contributed by atoms with van der Waals surface area (Å²) >= 11 is 0. The van der Waals surface area contributed by atoms with Crippen molar-refractivity contribution in [1.82, 2.24) is 9.97 Å². The van der Waals surface area contributed by atoms with Crippen molar-refractivity contribution in [3.05, 3.63) is 89.0 Å². The molecule has 0 aliphatic rings. The number of halogens is 3. The number of anilines is 2. The molecular formula is C38H47F3N4O8SSi2. The minimum absolute atomic E-state index is 0.0503. The van der Waals surface area contributed by atoms with E-state index in [2.05, 4.69) is 48.3 Å². The van der Waals surface area contributed by atoms with E-state index in [1.165, 1.54) is 19.2 Å². The Kier molecular flexibility index (Phi) is 12.4. The maximum Gasteiger partial charge on any atom is 0.534 e. The third-order valence-corrected chi connectivity index (χ3v) is 19.5. The zero-order valence-corrected chi connectivity index (χ0v) is 36.0. The summed E-state index contributed by atoms with van der Waals surface area (Å²) in [6, 6.07) is 21.8. The quantitative estimate of drug-likeness (QED) is 0.0470. The van der Waals surface area contributed by atoms with Crippen LogP contribution in [0.15, 0.2) is 78.9 Å². The minimum atomic E-state index is -5.79. The Labute approximate surface area is 326 Å². The van der Waals surface area contributed by atoms with Crippen LogP contribution in [0, 0.1) is 10.1 Å². The van der Waals surface area contributed by atoms with Crippen LogP contribution in [-0.4, -0.2) is 52.6 Å². The monoisotopic (exact) mass is 832 g/mol. The van der Waals surface area contributed by atoms with E-state index >= 15 is 0 Å². The first kappa shape index (κ1) is 43.8. The van der Waals surface area contributed by atoms with Crippen molar-refractivity contribution >= 4 is 65.8 Å². The molecule has 0 atom stereocenters. The molecule has 0 saturated heterocycles. The summed E-state index contributed by atoms with van der Waals surface area (Å²) < 4.78 is 81.8. The summed E-state index contributed by atoms with van der Waals surface area (Å²) in [6.07, 6.45) is 0.